The summed E-state index contributed by atoms with van der Waals surface area (Å²) in [5.74, 6) is -0.277. The number of halogens is 2. The number of benzene rings is 1. The molecule has 1 aliphatic carbocycles. The molecule has 0 radical (unpaired) electrons. The van der Waals surface area contributed by atoms with E-state index in [-0.39, 0.29) is 16.3 Å². The Hall–Kier alpha value is -0.600. The summed E-state index contributed by atoms with van der Waals surface area (Å²) in [6, 6.07) is 5.29. The molecule has 3 heteroatoms. The second-order valence-electron chi connectivity index (χ2n) is 6.44. The van der Waals surface area contributed by atoms with Crippen LogP contribution in [0.15, 0.2) is 18.2 Å². The molecule has 0 saturated heterocycles. The highest BCUT2D eigenvalue weighted by atomic mass is 35.5. The van der Waals surface area contributed by atoms with Gasteiger partial charge in [-0.1, -0.05) is 50.4 Å². The first-order valence-electron chi connectivity index (χ1n) is 7.67. The lowest BCUT2D eigenvalue weighted by Crippen LogP contribution is -2.54. The van der Waals surface area contributed by atoms with Crippen molar-refractivity contribution < 1.29 is 4.39 Å². The predicted octanol–water partition coefficient (Wildman–Crippen LogP) is 5.06. The van der Waals surface area contributed by atoms with E-state index in [2.05, 4.69) is 13.8 Å². The van der Waals surface area contributed by atoms with Crippen LogP contribution in [-0.2, 0) is 5.41 Å². The van der Waals surface area contributed by atoms with Crippen LogP contribution in [-0.4, -0.2) is 6.54 Å². The van der Waals surface area contributed by atoms with Crippen LogP contribution in [0.3, 0.4) is 0 Å². The normalized spacial score (nSPS) is 19.6. The van der Waals surface area contributed by atoms with E-state index in [1.807, 2.05) is 12.1 Å². The van der Waals surface area contributed by atoms with Gasteiger partial charge in [0.2, 0.25) is 0 Å². The second kappa shape index (κ2) is 6.03. The summed E-state index contributed by atoms with van der Waals surface area (Å²) >= 11 is 5.94. The molecule has 20 heavy (non-hydrogen) atoms. The van der Waals surface area contributed by atoms with E-state index < -0.39 is 0 Å². The Balaban J connectivity index is 2.28. The highest BCUT2D eigenvalue weighted by molar-refractivity contribution is 6.30. The van der Waals surface area contributed by atoms with E-state index in [1.165, 1.54) is 25.7 Å². The summed E-state index contributed by atoms with van der Waals surface area (Å²) in [6.45, 7) is 4.94. The van der Waals surface area contributed by atoms with Crippen LogP contribution in [0.5, 0.6) is 0 Å². The van der Waals surface area contributed by atoms with Crippen molar-refractivity contribution in [3.63, 3.8) is 0 Å². The zero-order valence-corrected chi connectivity index (χ0v) is 13.3. The third-order valence-corrected chi connectivity index (χ3v) is 5.19. The van der Waals surface area contributed by atoms with Crippen LogP contribution < -0.4 is 5.73 Å². The molecule has 0 heterocycles. The first-order valence-corrected chi connectivity index (χ1v) is 8.05. The molecule has 1 aromatic rings. The molecule has 0 atom stereocenters. The smallest absolute Gasteiger partial charge is 0.145 e. The quantitative estimate of drug-likeness (QED) is 0.780. The van der Waals surface area contributed by atoms with Crippen molar-refractivity contribution >= 4 is 11.6 Å². The molecule has 2 N–H and O–H groups in total. The van der Waals surface area contributed by atoms with E-state index in [0.717, 1.165) is 18.4 Å². The average molecular weight is 298 g/mol. The van der Waals surface area contributed by atoms with Crippen LogP contribution in [0.2, 0.25) is 5.02 Å². The van der Waals surface area contributed by atoms with Gasteiger partial charge in [0.1, 0.15) is 5.82 Å². The molecular weight excluding hydrogens is 273 g/mol. The van der Waals surface area contributed by atoms with E-state index in [9.17, 15) is 4.39 Å². The Morgan fingerprint density at radius 1 is 1.20 bits per heavy atom. The Bertz CT molecular complexity index is 458. The predicted molar refractivity (Wildman–Crippen MR) is 83.6 cm³/mol. The Labute approximate surface area is 126 Å². The van der Waals surface area contributed by atoms with E-state index in [1.54, 1.807) is 6.07 Å². The molecule has 0 aromatic heterocycles. The van der Waals surface area contributed by atoms with Gasteiger partial charge in [0.15, 0.2) is 0 Å². The molecule has 0 aliphatic heterocycles. The van der Waals surface area contributed by atoms with E-state index >= 15 is 0 Å². The van der Waals surface area contributed by atoms with Crippen LogP contribution >= 0.6 is 11.6 Å². The van der Waals surface area contributed by atoms with Crippen molar-refractivity contribution in [1.29, 1.82) is 0 Å². The third kappa shape index (κ3) is 2.60. The number of nitrogens with two attached hydrogens (primary N) is 1. The topological polar surface area (TPSA) is 26.0 Å². The fourth-order valence-electron chi connectivity index (χ4n) is 4.28. The van der Waals surface area contributed by atoms with Gasteiger partial charge in [-0.05, 0) is 42.7 Å². The fourth-order valence-corrected chi connectivity index (χ4v) is 4.46. The molecular formula is C17H25ClFN. The van der Waals surface area contributed by atoms with E-state index in [4.69, 9.17) is 17.3 Å². The summed E-state index contributed by atoms with van der Waals surface area (Å²) in [4.78, 5) is 0. The number of hydrogen-bond acceptors (Lipinski definition) is 1. The van der Waals surface area contributed by atoms with Crippen molar-refractivity contribution in [2.24, 2.45) is 11.1 Å². The molecule has 0 unspecified atom stereocenters. The summed E-state index contributed by atoms with van der Waals surface area (Å²) in [6.07, 6.45) is 6.78. The van der Waals surface area contributed by atoms with Gasteiger partial charge >= 0.3 is 0 Å². The highest BCUT2D eigenvalue weighted by Gasteiger charge is 2.54. The van der Waals surface area contributed by atoms with Gasteiger partial charge in [0.05, 0.1) is 5.02 Å². The molecule has 0 amide bonds. The summed E-state index contributed by atoms with van der Waals surface area (Å²) < 4.78 is 14.3. The zero-order chi connectivity index (χ0) is 14.8. The van der Waals surface area contributed by atoms with Gasteiger partial charge in [-0.3, -0.25) is 0 Å². The van der Waals surface area contributed by atoms with Crippen LogP contribution in [0.1, 0.15) is 57.9 Å². The standard InChI is InChI=1S/C17H25ClFN/c1-3-8-16(9-4-2)10-17(11-16,12-20)13-6-5-7-14(18)15(13)19/h5-7H,3-4,8-12,20H2,1-2H3. The third-order valence-electron chi connectivity index (χ3n) is 4.90. The minimum Gasteiger partial charge on any atom is -0.330 e. The largest absolute Gasteiger partial charge is 0.330 e. The molecule has 1 aromatic carbocycles. The van der Waals surface area contributed by atoms with Gasteiger partial charge in [0, 0.05) is 12.0 Å². The summed E-state index contributed by atoms with van der Waals surface area (Å²) in [7, 11) is 0. The lowest BCUT2D eigenvalue weighted by Gasteiger charge is -2.57. The first-order chi connectivity index (χ1) is 9.52. The minimum atomic E-state index is -0.277. The van der Waals surface area contributed by atoms with E-state index in [0.29, 0.717) is 12.0 Å². The van der Waals surface area contributed by atoms with Gasteiger partial charge in [-0.15, -0.1) is 0 Å². The lowest BCUT2D eigenvalue weighted by atomic mass is 9.48. The van der Waals surface area contributed by atoms with Crippen LogP contribution in [0.25, 0.3) is 0 Å². The molecule has 2 rings (SSSR count). The zero-order valence-electron chi connectivity index (χ0n) is 12.5. The molecule has 1 nitrogen and oxygen atoms in total. The lowest BCUT2D eigenvalue weighted by molar-refractivity contribution is 0.00590. The van der Waals surface area contributed by atoms with Crippen LogP contribution in [0.4, 0.5) is 4.39 Å². The Morgan fingerprint density at radius 3 is 2.30 bits per heavy atom. The number of rotatable bonds is 6. The van der Waals surface area contributed by atoms with Crippen molar-refractivity contribution in [3.05, 3.63) is 34.6 Å². The van der Waals surface area contributed by atoms with Crippen molar-refractivity contribution in [2.75, 3.05) is 6.54 Å². The Kier molecular flexibility index (Phi) is 4.76. The average Bonchev–Trinajstić information content (AvgIpc) is 2.39. The summed E-state index contributed by atoms with van der Waals surface area (Å²) in [5.41, 5.74) is 6.89. The van der Waals surface area contributed by atoms with Crippen LogP contribution in [0, 0.1) is 11.2 Å². The van der Waals surface area contributed by atoms with Gasteiger partial charge in [-0.2, -0.15) is 0 Å². The van der Waals surface area contributed by atoms with Crippen molar-refractivity contribution in [3.8, 4) is 0 Å². The maximum absolute atomic E-state index is 14.3. The molecule has 1 aliphatic rings. The second-order valence-corrected chi connectivity index (χ2v) is 6.85. The molecule has 112 valence electrons. The van der Waals surface area contributed by atoms with Gasteiger partial charge in [-0.25, -0.2) is 4.39 Å². The first kappa shape index (κ1) is 15.8. The maximum atomic E-state index is 14.3. The maximum Gasteiger partial charge on any atom is 0.145 e. The monoisotopic (exact) mass is 297 g/mol. The van der Waals surface area contributed by atoms with Gasteiger partial charge < -0.3 is 5.73 Å². The molecule has 1 fully saturated rings. The molecule has 1 saturated carbocycles. The Morgan fingerprint density at radius 2 is 1.80 bits per heavy atom. The number of hydrogen-bond donors (Lipinski definition) is 1. The summed E-state index contributed by atoms with van der Waals surface area (Å²) in [5, 5.41) is 0.207. The SMILES string of the molecule is CCCC1(CCC)CC(CN)(c2cccc(Cl)c2F)C1. The van der Waals surface area contributed by atoms with Crippen molar-refractivity contribution in [2.45, 2.75) is 57.8 Å². The highest BCUT2D eigenvalue weighted by Crippen LogP contribution is 2.60. The molecule has 0 bridgehead atoms. The minimum absolute atomic E-state index is 0.207. The fraction of sp³-hybridized carbons (Fsp3) is 0.647. The molecule has 0 spiro atoms. The van der Waals surface area contributed by atoms with Crippen molar-refractivity contribution in [1.82, 2.24) is 0 Å². The van der Waals surface area contributed by atoms with Gasteiger partial charge in [0.25, 0.3) is 0 Å².